The number of aromatic nitrogens is 1. The van der Waals surface area contributed by atoms with E-state index in [1.807, 2.05) is 12.1 Å². The highest BCUT2D eigenvalue weighted by Gasteiger charge is 2.18. The van der Waals surface area contributed by atoms with Crippen molar-refractivity contribution in [1.29, 1.82) is 0 Å². The average Bonchev–Trinajstić information content (AvgIpc) is 2.43. The minimum atomic E-state index is 0.640. The molecular formula is C15H25N3O. The monoisotopic (exact) mass is 263 g/mol. The van der Waals surface area contributed by atoms with Gasteiger partial charge in [0.2, 0.25) is 0 Å². The molecule has 1 saturated heterocycles. The fraction of sp³-hybridized carbons (Fsp3) is 0.667. The number of piperidine rings is 1. The fourth-order valence-electron chi connectivity index (χ4n) is 2.61. The van der Waals surface area contributed by atoms with Crippen LogP contribution in [0.5, 0.6) is 5.75 Å². The summed E-state index contributed by atoms with van der Waals surface area (Å²) >= 11 is 0. The van der Waals surface area contributed by atoms with Crippen LogP contribution in [0.25, 0.3) is 0 Å². The van der Waals surface area contributed by atoms with Gasteiger partial charge in [0.15, 0.2) is 0 Å². The molecule has 1 aliphatic rings. The molecule has 1 aromatic heterocycles. The number of rotatable bonds is 6. The molecule has 0 spiro atoms. The van der Waals surface area contributed by atoms with Crippen molar-refractivity contribution in [3.63, 3.8) is 0 Å². The van der Waals surface area contributed by atoms with Gasteiger partial charge in [0.25, 0.3) is 0 Å². The molecule has 2 rings (SSSR count). The Balaban J connectivity index is 1.72. The quantitative estimate of drug-likeness (QED) is 0.851. The first kappa shape index (κ1) is 14.3. The molecule has 0 radical (unpaired) electrons. The highest BCUT2D eigenvalue weighted by molar-refractivity contribution is 5.19. The van der Waals surface area contributed by atoms with Crippen LogP contribution in [0.2, 0.25) is 0 Å². The third kappa shape index (κ3) is 4.48. The molecular weight excluding hydrogens is 238 g/mol. The van der Waals surface area contributed by atoms with Crippen molar-refractivity contribution >= 4 is 0 Å². The smallest absolute Gasteiger partial charge is 0.137 e. The van der Waals surface area contributed by atoms with Gasteiger partial charge < -0.3 is 15.4 Å². The van der Waals surface area contributed by atoms with E-state index in [-0.39, 0.29) is 0 Å². The van der Waals surface area contributed by atoms with Gasteiger partial charge in [0, 0.05) is 18.2 Å². The standard InChI is InChI=1S/C15H25N3O/c1-18-10-3-2-4-14(18)8-11-19-15-6-5-13(7-9-16)17-12-15/h5-6,12,14H,2-4,7-11,16H2,1H3. The summed E-state index contributed by atoms with van der Waals surface area (Å²) in [5.41, 5.74) is 6.53. The van der Waals surface area contributed by atoms with Crippen molar-refractivity contribution in [1.82, 2.24) is 9.88 Å². The Labute approximate surface area is 116 Å². The van der Waals surface area contributed by atoms with Gasteiger partial charge in [-0.2, -0.15) is 0 Å². The van der Waals surface area contributed by atoms with E-state index in [0.29, 0.717) is 12.6 Å². The van der Waals surface area contributed by atoms with E-state index < -0.39 is 0 Å². The van der Waals surface area contributed by atoms with E-state index in [1.54, 1.807) is 6.20 Å². The minimum Gasteiger partial charge on any atom is -0.492 e. The Kier molecular flexibility index (Phi) is 5.61. The Morgan fingerprint density at radius 3 is 3.00 bits per heavy atom. The SMILES string of the molecule is CN1CCCCC1CCOc1ccc(CCN)nc1. The van der Waals surface area contributed by atoms with Gasteiger partial charge in [-0.05, 0) is 51.5 Å². The van der Waals surface area contributed by atoms with Crippen molar-refractivity contribution in [2.45, 2.75) is 38.1 Å². The topological polar surface area (TPSA) is 51.4 Å². The lowest BCUT2D eigenvalue weighted by atomic mass is 10.0. The number of nitrogens with two attached hydrogens (primary N) is 1. The lowest BCUT2D eigenvalue weighted by molar-refractivity contribution is 0.153. The van der Waals surface area contributed by atoms with Crippen LogP contribution in [0.1, 0.15) is 31.4 Å². The number of hydrogen-bond acceptors (Lipinski definition) is 4. The van der Waals surface area contributed by atoms with Crippen molar-refractivity contribution in [3.8, 4) is 5.75 Å². The summed E-state index contributed by atoms with van der Waals surface area (Å²) in [7, 11) is 2.22. The largest absolute Gasteiger partial charge is 0.492 e. The second-order valence-electron chi connectivity index (χ2n) is 5.29. The molecule has 0 aliphatic carbocycles. The molecule has 2 heterocycles. The number of hydrogen-bond donors (Lipinski definition) is 1. The summed E-state index contributed by atoms with van der Waals surface area (Å²) in [4.78, 5) is 6.79. The predicted octanol–water partition coefficient (Wildman–Crippen LogP) is 1.84. The third-order valence-corrected chi connectivity index (χ3v) is 3.84. The zero-order chi connectivity index (χ0) is 13.5. The summed E-state index contributed by atoms with van der Waals surface area (Å²) < 4.78 is 5.77. The van der Waals surface area contributed by atoms with Gasteiger partial charge in [-0.1, -0.05) is 6.42 Å². The first-order chi connectivity index (χ1) is 9.29. The highest BCUT2D eigenvalue weighted by atomic mass is 16.5. The van der Waals surface area contributed by atoms with Crippen LogP contribution in [0.15, 0.2) is 18.3 Å². The van der Waals surface area contributed by atoms with E-state index in [4.69, 9.17) is 10.5 Å². The normalized spacial score (nSPS) is 20.4. The van der Waals surface area contributed by atoms with Crippen molar-refractivity contribution in [3.05, 3.63) is 24.0 Å². The van der Waals surface area contributed by atoms with E-state index in [2.05, 4.69) is 16.9 Å². The van der Waals surface area contributed by atoms with Crippen LogP contribution in [-0.4, -0.2) is 42.7 Å². The van der Waals surface area contributed by atoms with Gasteiger partial charge in [-0.15, -0.1) is 0 Å². The maximum absolute atomic E-state index is 5.77. The molecule has 1 atom stereocenters. The molecule has 1 aromatic rings. The number of likely N-dealkylation sites (tertiary alicyclic amines) is 1. The van der Waals surface area contributed by atoms with Crippen LogP contribution in [0.4, 0.5) is 0 Å². The summed E-state index contributed by atoms with van der Waals surface area (Å²) in [6, 6.07) is 4.66. The predicted molar refractivity (Wildman–Crippen MR) is 77.4 cm³/mol. The molecule has 1 fully saturated rings. The molecule has 0 saturated carbocycles. The second kappa shape index (κ2) is 7.46. The molecule has 106 valence electrons. The van der Waals surface area contributed by atoms with E-state index in [0.717, 1.165) is 30.9 Å². The summed E-state index contributed by atoms with van der Waals surface area (Å²) in [5.74, 6) is 0.860. The maximum Gasteiger partial charge on any atom is 0.137 e. The molecule has 0 aromatic carbocycles. The zero-order valence-corrected chi connectivity index (χ0v) is 11.8. The Morgan fingerprint density at radius 1 is 1.42 bits per heavy atom. The lowest BCUT2D eigenvalue weighted by Gasteiger charge is -2.32. The number of nitrogens with zero attached hydrogens (tertiary/aromatic N) is 2. The van der Waals surface area contributed by atoms with Gasteiger partial charge in [0.05, 0.1) is 12.8 Å². The highest BCUT2D eigenvalue weighted by Crippen LogP contribution is 2.18. The first-order valence-corrected chi connectivity index (χ1v) is 7.27. The van der Waals surface area contributed by atoms with Crippen molar-refractivity contribution in [2.24, 2.45) is 5.73 Å². The molecule has 1 unspecified atom stereocenters. The van der Waals surface area contributed by atoms with Gasteiger partial charge in [0.1, 0.15) is 5.75 Å². The summed E-state index contributed by atoms with van der Waals surface area (Å²) in [6.45, 7) is 2.63. The van der Waals surface area contributed by atoms with Gasteiger partial charge in [-0.3, -0.25) is 4.98 Å². The van der Waals surface area contributed by atoms with Crippen molar-refractivity contribution < 1.29 is 4.74 Å². The van der Waals surface area contributed by atoms with Crippen LogP contribution >= 0.6 is 0 Å². The molecule has 2 N–H and O–H groups in total. The molecule has 19 heavy (non-hydrogen) atoms. The lowest BCUT2D eigenvalue weighted by Crippen LogP contribution is -2.37. The Hall–Kier alpha value is -1.13. The molecule has 0 bridgehead atoms. The second-order valence-corrected chi connectivity index (χ2v) is 5.29. The number of ether oxygens (including phenoxy) is 1. The van der Waals surface area contributed by atoms with Gasteiger partial charge >= 0.3 is 0 Å². The van der Waals surface area contributed by atoms with Crippen LogP contribution in [-0.2, 0) is 6.42 Å². The Morgan fingerprint density at radius 2 is 2.32 bits per heavy atom. The van der Waals surface area contributed by atoms with Crippen LogP contribution < -0.4 is 10.5 Å². The maximum atomic E-state index is 5.77. The van der Waals surface area contributed by atoms with Crippen LogP contribution in [0.3, 0.4) is 0 Å². The molecule has 4 nitrogen and oxygen atoms in total. The molecule has 0 amide bonds. The number of pyridine rings is 1. The zero-order valence-electron chi connectivity index (χ0n) is 11.8. The summed E-state index contributed by atoms with van der Waals surface area (Å²) in [5, 5.41) is 0. The molecule has 1 aliphatic heterocycles. The average molecular weight is 263 g/mol. The summed E-state index contributed by atoms with van der Waals surface area (Å²) in [6.07, 6.45) is 7.71. The van der Waals surface area contributed by atoms with Gasteiger partial charge in [-0.25, -0.2) is 0 Å². The first-order valence-electron chi connectivity index (χ1n) is 7.27. The molecule has 4 heteroatoms. The third-order valence-electron chi connectivity index (χ3n) is 3.84. The van der Waals surface area contributed by atoms with Crippen LogP contribution in [0, 0.1) is 0 Å². The van der Waals surface area contributed by atoms with E-state index in [9.17, 15) is 0 Å². The fourth-order valence-corrected chi connectivity index (χ4v) is 2.61. The minimum absolute atomic E-state index is 0.640. The Bertz CT molecular complexity index is 366. The van der Waals surface area contributed by atoms with Crippen molar-refractivity contribution in [2.75, 3.05) is 26.7 Å². The van der Waals surface area contributed by atoms with E-state index >= 15 is 0 Å². The van der Waals surface area contributed by atoms with E-state index in [1.165, 1.54) is 25.8 Å².